The molecular weight excluding hydrogens is 258 g/mol. The number of aliphatic carboxylic acids is 1. The lowest BCUT2D eigenvalue weighted by molar-refractivity contribution is -0.133. The molecule has 1 aromatic heterocycles. The van der Waals surface area contributed by atoms with Crippen LogP contribution in [0.1, 0.15) is 0 Å². The first-order valence-electron chi connectivity index (χ1n) is 4.85. The van der Waals surface area contributed by atoms with Gasteiger partial charge in [0.25, 0.3) is 0 Å². The highest BCUT2D eigenvalue weighted by molar-refractivity contribution is 7.99. The summed E-state index contributed by atoms with van der Waals surface area (Å²) in [6.07, 6.45) is 0. The Bertz CT molecular complexity index is 584. The van der Waals surface area contributed by atoms with Gasteiger partial charge in [0.05, 0.1) is 5.75 Å². The van der Waals surface area contributed by atoms with Gasteiger partial charge < -0.3 is 15.3 Å². The average molecular weight is 267 g/mol. The highest BCUT2D eigenvalue weighted by Crippen LogP contribution is 2.29. The molecule has 0 saturated heterocycles. The standard InChI is InChI=1S/C10H9N3O4S/c14-6-2-1-5(3-7(6)15)9-11-10(13-12-9)18-4-8(16)17/h1-3,14-15H,4H2,(H,16,17)(H,11,12,13). The second-order valence-corrected chi connectivity index (χ2v) is 4.29. The minimum atomic E-state index is -0.950. The number of phenolic OH excluding ortho intramolecular Hbond substituents is 2. The third-order valence-electron chi connectivity index (χ3n) is 2.04. The third-order valence-corrected chi connectivity index (χ3v) is 2.87. The van der Waals surface area contributed by atoms with Crippen LogP contribution in [-0.2, 0) is 4.79 Å². The summed E-state index contributed by atoms with van der Waals surface area (Å²) in [5.41, 5.74) is 0.542. The minimum absolute atomic E-state index is 0.127. The van der Waals surface area contributed by atoms with Crippen LogP contribution in [0.25, 0.3) is 11.4 Å². The zero-order valence-corrected chi connectivity index (χ0v) is 9.81. The van der Waals surface area contributed by atoms with Gasteiger partial charge in [-0.15, -0.1) is 5.10 Å². The molecule has 8 heteroatoms. The number of nitrogens with one attached hydrogen (secondary N) is 1. The van der Waals surface area contributed by atoms with Gasteiger partial charge in [-0.3, -0.25) is 9.89 Å². The van der Waals surface area contributed by atoms with Crippen LogP contribution in [0.4, 0.5) is 0 Å². The van der Waals surface area contributed by atoms with Crippen molar-refractivity contribution in [1.82, 2.24) is 15.2 Å². The maximum atomic E-state index is 10.4. The van der Waals surface area contributed by atoms with Crippen molar-refractivity contribution in [2.45, 2.75) is 5.16 Å². The lowest BCUT2D eigenvalue weighted by Crippen LogP contribution is -1.97. The Morgan fingerprint density at radius 2 is 2.11 bits per heavy atom. The van der Waals surface area contributed by atoms with E-state index in [4.69, 9.17) is 5.11 Å². The van der Waals surface area contributed by atoms with E-state index < -0.39 is 5.97 Å². The number of aromatic hydroxyl groups is 2. The SMILES string of the molecule is O=C(O)CSc1n[nH]c(-c2ccc(O)c(O)c2)n1. The number of carboxylic acid groups (broad SMARTS) is 1. The molecule has 94 valence electrons. The molecule has 2 aromatic rings. The number of hydrogen-bond acceptors (Lipinski definition) is 6. The quantitative estimate of drug-likeness (QED) is 0.483. The Labute approximate surface area is 106 Å². The van der Waals surface area contributed by atoms with E-state index in [1.54, 1.807) is 6.07 Å². The van der Waals surface area contributed by atoms with Gasteiger partial charge in [0.1, 0.15) is 0 Å². The summed E-state index contributed by atoms with van der Waals surface area (Å²) in [7, 11) is 0. The Hall–Kier alpha value is -2.22. The van der Waals surface area contributed by atoms with Gasteiger partial charge in [0.15, 0.2) is 17.3 Å². The summed E-state index contributed by atoms with van der Waals surface area (Å²) in [5, 5.41) is 33.8. The maximum absolute atomic E-state index is 10.4. The van der Waals surface area contributed by atoms with Gasteiger partial charge >= 0.3 is 5.97 Å². The number of phenols is 2. The molecule has 0 radical (unpaired) electrons. The first-order chi connectivity index (χ1) is 8.56. The third kappa shape index (κ3) is 2.72. The molecule has 4 N–H and O–H groups in total. The van der Waals surface area contributed by atoms with Crippen LogP contribution in [-0.4, -0.2) is 42.2 Å². The van der Waals surface area contributed by atoms with Gasteiger partial charge in [-0.05, 0) is 18.2 Å². The monoisotopic (exact) mass is 267 g/mol. The van der Waals surface area contributed by atoms with Gasteiger partial charge in [-0.2, -0.15) is 0 Å². The van der Waals surface area contributed by atoms with E-state index in [9.17, 15) is 15.0 Å². The predicted octanol–water partition coefficient (Wildman–Crippen LogP) is 1.06. The molecule has 0 atom stereocenters. The smallest absolute Gasteiger partial charge is 0.313 e. The van der Waals surface area contributed by atoms with Crippen molar-refractivity contribution in [3.05, 3.63) is 18.2 Å². The van der Waals surface area contributed by atoms with Crippen molar-refractivity contribution in [2.24, 2.45) is 0 Å². The van der Waals surface area contributed by atoms with Gasteiger partial charge in [-0.1, -0.05) is 11.8 Å². The van der Waals surface area contributed by atoms with Gasteiger partial charge in [0, 0.05) is 5.56 Å². The Balaban J connectivity index is 2.18. The number of thioether (sulfide) groups is 1. The number of aromatic amines is 1. The van der Waals surface area contributed by atoms with Crippen molar-refractivity contribution in [3.8, 4) is 22.9 Å². The number of H-pyrrole nitrogens is 1. The molecular formula is C10H9N3O4S. The molecule has 7 nitrogen and oxygen atoms in total. The summed E-state index contributed by atoms with van der Waals surface area (Å²) in [4.78, 5) is 14.4. The van der Waals surface area contributed by atoms with Crippen LogP contribution in [0, 0.1) is 0 Å². The lowest BCUT2D eigenvalue weighted by Gasteiger charge is -1.99. The Morgan fingerprint density at radius 3 is 2.78 bits per heavy atom. The normalized spacial score (nSPS) is 10.4. The number of carbonyl (C=O) groups is 1. The number of nitrogens with zero attached hydrogens (tertiary/aromatic N) is 2. The molecule has 0 aliphatic heterocycles. The molecule has 0 bridgehead atoms. The van der Waals surface area contributed by atoms with Crippen LogP contribution < -0.4 is 0 Å². The molecule has 1 aromatic carbocycles. The minimum Gasteiger partial charge on any atom is -0.504 e. The summed E-state index contributed by atoms with van der Waals surface area (Å²) >= 11 is 0.986. The zero-order valence-electron chi connectivity index (χ0n) is 8.99. The molecule has 0 aliphatic carbocycles. The van der Waals surface area contributed by atoms with Crippen molar-refractivity contribution < 1.29 is 20.1 Å². The molecule has 0 spiro atoms. The van der Waals surface area contributed by atoms with Crippen LogP contribution in [0.3, 0.4) is 0 Å². The Kier molecular flexibility index (Phi) is 3.38. The van der Waals surface area contributed by atoms with E-state index in [2.05, 4.69) is 15.2 Å². The molecule has 0 amide bonds. The van der Waals surface area contributed by atoms with E-state index in [1.165, 1.54) is 12.1 Å². The van der Waals surface area contributed by atoms with Crippen molar-refractivity contribution in [3.63, 3.8) is 0 Å². The molecule has 0 saturated carbocycles. The second-order valence-electron chi connectivity index (χ2n) is 3.35. The predicted molar refractivity (Wildman–Crippen MR) is 63.5 cm³/mol. The van der Waals surface area contributed by atoms with E-state index >= 15 is 0 Å². The number of carboxylic acids is 1. The summed E-state index contributed by atoms with van der Waals surface area (Å²) in [5.74, 6) is -1.17. The lowest BCUT2D eigenvalue weighted by atomic mass is 10.2. The number of hydrogen-bond donors (Lipinski definition) is 4. The van der Waals surface area contributed by atoms with E-state index in [-0.39, 0.29) is 17.3 Å². The zero-order chi connectivity index (χ0) is 13.1. The summed E-state index contributed by atoms with van der Waals surface area (Å²) in [6, 6.07) is 4.22. The highest BCUT2D eigenvalue weighted by Gasteiger charge is 2.09. The van der Waals surface area contributed by atoms with Gasteiger partial charge in [-0.25, -0.2) is 4.98 Å². The number of rotatable bonds is 4. The molecule has 2 rings (SSSR count). The van der Waals surface area contributed by atoms with Crippen LogP contribution in [0.2, 0.25) is 0 Å². The largest absolute Gasteiger partial charge is 0.504 e. The van der Waals surface area contributed by atoms with E-state index in [0.29, 0.717) is 16.5 Å². The maximum Gasteiger partial charge on any atom is 0.313 e. The van der Waals surface area contributed by atoms with Crippen molar-refractivity contribution in [2.75, 3.05) is 5.75 Å². The first-order valence-corrected chi connectivity index (χ1v) is 5.84. The molecule has 0 aliphatic rings. The van der Waals surface area contributed by atoms with Crippen LogP contribution in [0.15, 0.2) is 23.4 Å². The fourth-order valence-electron chi connectivity index (χ4n) is 1.24. The fourth-order valence-corrected chi connectivity index (χ4v) is 1.76. The summed E-state index contributed by atoms with van der Waals surface area (Å²) in [6.45, 7) is 0. The van der Waals surface area contributed by atoms with Gasteiger partial charge in [0.2, 0.25) is 5.16 Å². The highest BCUT2D eigenvalue weighted by atomic mass is 32.2. The number of aromatic nitrogens is 3. The first kappa shape index (κ1) is 12.2. The molecule has 0 fully saturated rings. The fraction of sp³-hybridized carbons (Fsp3) is 0.100. The van der Waals surface area contributed by atoms with Crippen molar-refractivity contribution >= 4 is 17.7 Å². The average Bonchev–Trinajstić information content (AvgIpc) is 2.79. The Morgan fingerprint density at radius 1 is 1.33 bits per heavy atom. The van der Waals surface area contributed by atoms with Crippen LogP contribution >= 0.6 is 11.8 Å². The van der Waals surface area contributed by atoms with Crippen molar-refractivity contribution in [1.29, 1.82) is 0 Å². The topological polar surface area (TPSA) is 119 Å². The van der Waals surface area contributed by atoms with Crippen LogP contribution in [0.5, 0.6) is 11.5 Å². The molecule has 1 heterocycles. The second kappa shape index (κ2) is 4.96. The van der Waals surface area contributed by atoms with E-state index in [1.807, 2.05) is 0 Å². The van der Waals surface area contributed by atoms with E-state index in [0.717, 1.165) is 11.8 Å². The number of benzene rings is 1. The summed E-state index contributed by atoms with van der Waals surface area (Å²) < 4.78 is 0. The molecule has 0 unspecified atom stereocenters. The molecule has 18 heavy (non-hydrogen) atoms.